The number of halogens is 1. The van der Waals surface area contributed by atoms with Crippen LogP contribution in [0.25, 0.3) is 0 Å². The number of rotatable bonds is 4. The van der Waals surface area contributed by atoms with Gasteiger partial charge in [0.05, 0.1) is 16.8 Å². The maximum atomic E-state index is 11.9. The molecule has 1 atom stereocenters. The number of carboxylic acid groups (broad SMARTS) is 1. The summed E-state index contributed by atoms with van der Waals surface area (Å²) in [5.41, 5.74) is 1.02. The number of anilines is 1. The van der Waals surface area contributed by atoms with Crippen molar-refractivity contribution in [1.29, 1.82) is 0 Å². The van der Waals surface area contributed by atoms with E-state index >= 15 is 0 Å². The molecule has 0 bridgehead atoms. The van der Waals surface area contributed by atoms with Crippen molar-refractivity contribution in [3.8, 4) is 0 Å². The van der Waals surface area contributed by atoms with E-state index < -0.39 is 12.0 Å². The van der Waals surface area contributed by atoms with Crippen molar-refractivity contribution in [2.24, 2.45) is 0 Å². The number of nitrogens with one attached hydrogen (secondary N) is 2. The van der Waals surface area contributed by atoms with Crippen molar-refractivity contribution >= 4 is 40.6 Å². The summed E-state index contributed by atoms with van der Waals surface area (Å²) in [7, 11) is 0. The molecule has 0 aliphatic carbocycles. The highest BCUT2D eigenvalue weighted by Gasteiger charge is 2.17. The molecule has 0 aliphatic rings. The SMILES string of the molecule is CC(NC(=O)Nc1cccc(Cl)c1C(=O)O)c1ccsc1. The van der Waals surface area contributed by atoms with Crippen molar-refractivity contribution in [1.82, 2.24) is 5.32 Å². The molecule has 0 saturated heterocycles. The van der Waals surface area contributed by atoms with Crippen LogP contribution in [-0.4, -0.2) is 17.1 Å². The molecule has 0 radical (unpaired) electrons. The molecule has 21 heavy (non-hydrogen) atoms. The zero-order valence-corrected chi connectivity index (χ0v) is 12.7. The minimum Gasteiger partial charge on any atom is -0.478 e. The molecule has 110 valence electrons. The molecule has 2 aromatic rings. The maximum Gasteiger partial charge on any atom is 0.339 e. The summed E-state index contributed by atoms with van der Waals surface area (Å²) in [4.78, 5) is 23.1. The third-order valence-corrected chi connectivity index (χ3v) is 3.88. The average molecular weight is 325 g/mol. The highest BCUT2D eigenvalue weighted by atomic mass is 35.5. The van der Waals surface area contributed by atoms with Crippen LogP contribution in [0.3, 0.4) is 0 Å². The fourth-order valence-corrected chi connectivity index (χ4v) is 2.81. The van der Waals surface area contributed by atoms with Gasteiger partial charge in [-0.25, -0.2) is 9.59 Å². The summed E-state index contributed by atoms with van der Waals surface area (Å²) in [5.74, 6) is -1.19. The summed E-state index contributed by atoms with van der Waals surface area (Å²) in [6.45, 7) is 1.84. The lowest BCUT2D eigenvalue weighted by Crippen LogP contribution is -2.31. The van der Waals surface area contributed by atoms with Gasteiger partial charge in [-0.3, -0.25) is 0 Å². The van der Waals surface area contributed by atoms with Crippen LogP contribution < -0.4 is 10.6 Å². The minimum atomic E-state index is -1.19. The second-order valence-electron chi connectivity index (χ2n) is 4.34. The van der Waals surface area contributed by atoms with Crippen LogP contribution in [0.15, 0.2) is 35.0 Å². The number of carbonyl (C=O) groups is 2. The predicted molar refractivity (Wildman–Crippen MR) is 83.3 cm³/mol. The number of hydrogen-bond acceptors (Lipinski definition) is 3. The van der Waals surface area contributed by atoms with Gasteiger partial charge in [0.25, 0.3) is 0 Å². The van der Waals surface area contributed by atoms with Crippen LogP contribution in [0.1, 0.15) is 28.9 Å². The number of carbonyl (C=O) groups excluding carboxylic acids is 1. The predicted octanol–water partition coefficient (Wildman–Crippen LogP) is 3.98. The van der Waals surface area contributed by atoms with Gasteiger partial charge >= 0.3 is 12.0 Å². The molecule has 1 aromatic heterocycles. The van der Waals surface area contributed by atoms with Crippen molar-refractivity contribution < 1.29 is 14.7 Å². The minimum absolute atomic E-state index is 0.0752. The quantitative estimate of drug-likeness (QED) is 0.796. The van der Waals surface area contributed by atoms with Gasteiger partial charge in [-0.1, -0.05) is 17.7 Å². The van der Waals surface area contributed by atoms with E-state index in [4.69, 9.17) is 16.7 Å². The Bertz CT molecular complexity index is 658. The van der Waals surface area contributed by atoms with Gasteiger partial charge < -0.3 is 15.7 Å². The number of thiophene rings is 1. The molecule has 2 rings (SSSR count). The first-order chi connectivity index (χ1) is 9.99. The smallest absolute Gasteiger partial charge is 0.339 e. The van der Waals surface area contributed by atoms with Crippen molar-refractivity contribution in [2.75, 3.05) is 5.32 Å². The summed E-state index contributed by atoms with van der Waals surface area (Å²) in [6.07, 6.45) is 0. The van der Waals surface area contributed by atoms with Gasteiger partial charge in [-0.2, -0.15) is 11.3 Å². The molecule has 0 saturated carbocycles. The molecular formula is C14H13ClN2O3S. The Morgan fingerprint density at radius 3 is 2.71 bits per heavy atom. The highest BCUT2D eigenvalue weighted by molar-refractivity contribution is 7.07. The van der Waals surface area contributed by atoms with Gasteiger partial charge in [0.15, 0.2) is 0 Å². The van der Waals surface area contributed by atoms with E-state index in [1.165, 1.54) is 12.1 Å². The van der Waals surface area contributed by atoms with Crippen LogP contribution in [-0.2, 0) is 0 Å². The first kappa shape index (κ1) is 15.3. The fraction of sp³-hybridized carbons (Fsp3) is 0.143. The van der Waals surface area contributed by atoms with E-state index in [0.717, 1.165) is 5.56 Å². The Morgan fingerprint density at radius 2 is 2.10 bits per heavy atom. The summed E-state index contributed by atoms with van der Waals surface area (Å²) in [6, 6.07) is 5.78. The monoisotopic (exact) mass is 324 g/mol. The average Bonchev–Trinajstić information content (AvgIpc) is 2.91. The first-order valence-electron chi connectivity index (χ1n) is 6.10. The third kappa shape index (κ3) is 3.74. The van der Waals surface area contributed by atoms with E-state index in [1.807, 2.05) is 23.8 Å². The van der Waals surface area contributed by atoms with Crippen LogP contribution in [0.2, 0.25) is 5.02 Å². The number of benzene rings is 1. The van der Waals surface area contributed by atoms with Crippen molar-refractivity contribution in [3.05, 3.63) is 51.2 Å². The molecule has 1 unspecified atom stereocenters. The van der Waals surface area contributed by atoms with E-state index in [-0.39, 0.29) is 22.3 Å². The number of amides is 2. The Labute approximate surface area is 130 Å². The maximum absolute atomic E-state index is 11.9. The normalized spacial score (nSPS) is 11.7. The molecule has 1 aromatic carbocycles. The van der Waals surface area contributed by atoms with Gasteiger partial charge in [-0.05, 0) is 41.4 Å². The Morgan fingerprint density at radius 1 is 1.33 bits per heavy atom. The second kappa shape index (κ2) is 6.60. The molecule has 0 aliphatic heterocycles. The third-order valence-electron chi connectivity index (χ3n) is 2.87. The molecule has 0 spiro atoms. The summed E-state index contributed by atoms with van der Waals surface area (Å²) < 4.78 is 0. The number of aromatic carboxylic acids is 1. The van der Waals surface area contributed by atoms with Crippen LogP contribution >= 0.6 is 22.9 Å². The Balaban J connectivity index is 2.10. The molecular weight excluding hydrogens is 312 g/mol. The Hall–Kier alpha value is -2.05. The van der Waals surface area contributed by atoms with Gasteiger partial charge in [0.2, 0.25) is 0 Å². The number of carboxylic acids is 1. The zero-order valence-electron chi connectivity index (χ0n) is 11.1. The number of urea groups is 1. The molecule has 0 fully saturated rings. The molecule has 1 heterocycles. The standard InChI is InChI=1S/C14H13ClN2O3S/c1-8(9-5-6-21-7-9)16-14(20)17-11-4-2-3-10(15)12(11)13(18)19/h2-8H,1H3,(H,18,19)(H2,16,17,20). The second-order valence-corrected chi connectivity index (χ2v) is 5.53. The molecule has 7 heteroatoms. The molecule has 5 nitrogen and oxygen atoms in total. The summed E-state index contributed by atoms with van der Waals surface area (Å²) >= 11 is 7.38. The van der Waals surface area contributed by atoms with Gasteiger partial charge in [-0.15, -0.1) is 0 Å². The van der Waals surface area contributed by atoms with Crippen molar-refractivity contribution in [3.63, 3.8) is 0 Å². The van der Waals surface area contributed by atoms with Crippen LogP contribution in [0, 0.1) is 0 Å². The fourth-order valence-electron chi connectivity index (χ4n) is 1.81. The highest BCUT2D eigenvalue weighted by Crippen LogP contribution is 2.24. The van der Waals surface area contributed by atoms with E-state index in [9.17, 15) is 9.59 Å². The van der Waals surface area contributed by atoms with E-state index in [0.29, 0.717) is 0 Å². The lowest BCUT2D eigenvalue weighted by molar-refractivity contribution is 0.0698. The largest absolute Gasteiger partial charge is 0.478 e. The van der Waals surface area contributed by atoms with Crippen LogP contribution in [0.5, 0.6) is 0 Å². The lowest BCUT2D eigenvalue weighted by atomic mass is 10.1. The van der Waals surface area contributed by atoms with E-state index in [2.05, 4.69) is 10.6 Å². The number of hydrogen-bond donors (Lipinski definition) is 3. The zero-order chi connectivity index (χ0) is 15.4. The lowest BCUT2D eigenvalue weighted by Gasteiger charge is -2.15. The van der Waals surface area contributed by atoms with Gasteiger partial charge in [0.1, 0.15) is 5.56 Å². The molecule has 3 N–H and O–H groups in total. The molecule has 2 amide bonds. The van der Waals surface area contributed by atoms with E-state index in [1.54, 1.807) is 17.4 Å². The van der Waals surface area contributed by atoms with Gasteiger partial charge in [0, 0.05) is 0 Å². The van der Waals surface area contributed by atoms with Crippen molar-refractivity contribution in [2.45, 2.75) is 13.0 Å². The Kier molecular flexibility index (Phi) is 4.82. The topological polar surface area (TPSA) is 78.4 Å². The first-order valence-corrected chi connectivity index (χ1v) is 7.42. The summed E-state index contributed by atoms with van der Waals surface area (Å²) in [5, 5.41) is 18.3. The van der Waals surface area contributed by atoms with Crippen LogP contribution in [0.4, 0.5) is 10.5 Å².